The number of nitrogens with zero attached hydrogens (tertiary/aromatic N) is 3. The first-order valence-electron chi connectivity index (χ1n) is 5.52. The molecule has 5 nitrogen and oxygen atoms in total. The SMILES string of the molecule is CCc1nc(CC)n(C(CC(=O)O)C(F)(F)F)n1. The molecule has 1 aromatic heterocycles. The topological polar surface area (TPSA) is 68.0 Å². The molecule has 0 amide bonds. The summed E-state index contributed by atoms with van der Waals surface area (Å²) in [5, 5.41) is 12.3. The molecule has 0 aliphatic carbocycles. The molecule has 0 saturated heterocycles. The van der Waals surface area contributed by atoms with Crippen LogP contribution in [0.3, 0.4) is 0 Å². The van der Waals surface area contributed by atoms with E-state index in [-0.39, 0.29) is 18.1 Å². The van der Waals surface area contributed by atoms with E-state index < -0.39 is 24.6 Å². The fourth-order valence-corrected chi connectivity index (χ4v) is 1.55. The number of aryl methyl sites for hydroxylation is 2. The number of rotatable bonds is 5. The van der Waals surface area contributed by atoms with Crippen LogP contribution >= 0.6 is 0 Å². The molecule has 18 heavy (non-hydrogen) atoms. The molecule has 0 aromatic carbocycles. The first-order valence-corrected chi connectivity index (χ1v) is 5.52. The minimum Gasteiger partial charge on any atom is -0.481 e. The van der Waals surface area contributed by atoms with E-state index in [1.165, 1.54) is 0 Å². The van der Waals surface area contributed by atoms with Gasteiger partial charge in [-0.15, -0.1) is 0 Å². The Bertz CT molecular complexity index is 428. The highest BCUT2D eigenvalue weighted by Crippen LogP contribution is 2.33. The second kappa shape index (κ2) is 5.36. The summed E-state index contributed by atoms with van der Waals surface area (Å²) in [6.45, 7) is 3.37. The molecule has 8 heteroatoms. The van der Waals surface area contributed by atoms with Crippen LogP contribution in [0.2, 0.25) is 0 Å². The Balaban J connectivity index is 3.19. The molecule has 1 rings (SSSR count). The highest BCUT2D eigenvalue weighted by Gasteiger charge is 2.44. The Hall–Kier alpha value is -1.60. The summed E-state index contributed by atoms with van der Waals surface area (Å²) >= 11 is 0. The summed E-state index contributed by atoms with van der Waals surface area (Å²) < 4.78 is 39.2. The summed E-state index contributed by atoms with van der Waals surface area (Å²) in [5.41, 5.74) is 0. The summed E-state index contributed by atoms with van der Waals surface area (Å²) in [5.74, 6) is -1.09. The third kappa shape index (κ3) is 3.21. The molecule has 1 aromatic rings. The molecule has 0 aliphatic rings. The van der Waals surface area contributed by atoms with Crippen molar-refractivity contribution in [3.05, 3.63) is 11.6 Å². The number of hydrogen-bond acceptors (Lipinski definition) is 3. The van der Waals surface area contributed by atoms with Crippen LogP contribution in [0, 0.1) is 0 Å². The monoisotopic (exact) mass is 265 g/mol. The predicted octanol–water partition coefficient (Wildman–Crippen LogP) is 1.98. The normalized spacial score (nSPS) is 13.6. The zero-order valence-corrected chi connectivity index (χ0v) is 10.0. The van der Waals surface area contributed by atoms with Gasteiger partial charge in [0.1, 0.15) is 5.82 Å². The lowest BCUT2D eigenvalue weighted by molar-refractivity contribution is -0.179. The zero-order valence-electron chi connectivity index (χ0n) is 10.0. The molecular weight excluding hydrogens is 251 g/mol. The lowest BCUT2D eigenvalue weighted by Gasteiger charge is -2.20. The smallest absolute Gasteiger partial charge is 0.411 e. The van der Waals surface area contributed by atoms with Gasteiger partial charge in [-0.1, -0.05) is 13.8 Å². The second-order valence-corrected chi connectivity index (χ2v) is 3.75. The van der Waals surface area contributed by atoms with E-state index >= 15 is 0 Å². The second-order valence-electron chi connectivity index (χ2n) is 3.75. The molecule has 1 heterocycles. The van der Waals surface area contributed by atoms with Crippen molar-refractivity contribution in [1.82, 2.24) is 14.8 Å². The fourth-order valence-electron chi connectivity index (χ4n) is 1.55. The zero-order chi connectivity index (χ0) is 13.9. The standard InChI is InChI=1S/C10H14F3N3O2/c1-3-7-14-8(4-2)16(15-7)6(5-9(17)18)10(11,12)13/h6H,3-5H2,1-2H3,(H,17,18). The van der Waals surface area contributed by atoms with Crippen molar-refractivity contribution in [3.63, 3.8) is 0 Å². The molecule has 0 spiro atoms. The van der Waals surface area contributed by atoms with E-state index in [4.69, 9.17) is 5.11 Å². The Morgan fingerprint density at radius 3 is 2.39 bits per heavy atom. The number of aromatic nitrogens is 3. The Labute approximate surface area is 102 Å². The molecule has 102 valence electrons. The largest absolute Gasteiger partial charge is 0.481 e. The molecular formula is C10H14F3N3O2. The number of aliphatic carboxylic acids is 1. The molecule has 1 unspecified atom stereocenters. The van der Waals surface area contributed by atoms with Crippen molar-refractivity contribution in [2.45, 2.75) is 45.3 Å². The number of carbonyl (C=O) groups is 1. The van der Waals surface area contributed by atoms with Crippen molar-refractivity contribution in [2.75, 3.05) is 0 Å². The number of halogens is 3. The maximum atomic E-state index is 12.8. The van der Waals surface area contributed by atoms with Crippen molar-refractivity contribution >= 4 is 5.97 Å². The molecule has 1 atom stereocenters. The number of carboxylic acids is 1. The van der Waals surface area contributed by atoms with Crippen LogP contribution in [0.15, 0.2) is 0 Å². The van der Waals surface area contributed by atoms with Crippen LogP contribution in [0.25, 0.3) is 0 Å². The van der Waals surface area contributed by atoms with Gasteiger partial charge in [0.15, 0.2) is 11.9 Å². The quantitative estimate of drug-likeness (QED) is 0.883. The maximum absolute atomic E-state index is 12.8. The summed E-state index contributed by atoms with van der Waals surface area (Å²) in [4.78, 5) is 14.5. The van der Waals surface area contributed by atoms with Crippen LogP contribution in [-0.4, -0.2) is 32.0 Å². The van der Waals surface area contributed by atoms with Gasteiger partial charge in [0.25, 0.3) is 0 Å². The van der Waals surface area contributed by atoms with Crippen LogP contribution in [0.1, 0.15) is 38.0 Å². The molecule has 1 N–H and O–H groups in total. The third-order valence-electron chi connectivity index (χ3n) is 2.42. The number of alkyl halides is 3. The van der Waals surface area contributed by atoms with Crippen molar-refractivity contribution in [3.8, 4) is 0 Å². The molecule has 0 bridgehead atoms. The van der Waals surface area contributed by atoms with Crippen LogP contribution in [0.4, 0.5) is 13.2 Å². The van der Waals surface area contributed by atoms with Crippen LogP contribution < -0.4 is 0 Å². The van der Waals surface area contributed by atoms with E-state index in [1.807, 2.05) is 0 Å². The van der Waals surface area contributed by atoms with E-state index in [2.05, 4.69) is 10.1 Å². The lowest BCUT2D eigenvalue weighted by Crippen LogP contribution is -2.31. The average Bonchev–Trinajstić information content (AvgIpc) is 2.66. The van der Waals surface area contributed by atoms with Crippen molar-refractivity contribution < 1.29 is 23.1 Å². The molecule has 0 fully saturated rings. The minimum absolute atomic E-state index is 0.149. The number of hydrogen-bond donors (Lipinski definition) is 1. The van der Waals surface area contributed by atoms with E-state index in [0.29, 0.717) is 11.1 Å². The number of carboxylic acid groups (broad SMARTS) is 1. The van der Waals surface area contributed by atoms with Gasteiger partial charge >= 0.3 is 12.1 Å². The highest BCUT2D eigenvalue weighted by atomic mass is 19.4. The Morgan fingerprint density at radius 1 is 1.39 bits per heavy atom. The third-order valence-corrected chi connectivity index (χ3v) is 2.42. The van der Waals surface area contributed by atoms with Crippen molar-refractivity contribution in [1.29, 1.82) is 0 Å². The van der Waals surface area contributed by atoms with Gasteiger partial charge in [0.05, 0.1) is 6.42 Å². The summed E-state index contributed by atoms with van der Waals surface area (Å²) in [6.07, 6.45) is -5.05. The van der Waals surface area contributed by atoms with Crippen LogP contribution in [0.5, 0.6) is 0 Å². The van der Waals surface area contributed by atoms with Gasteiger partial charge in [0.2, 0.25) is 0 Å². The highest BCUT2D eigenvalue weighted by molar-refractivity contribution is 5.67. The lowest BCUT2D eigenvalue weighted by atomic mass is 10.2. The molecule has 0 saturated carbocycles. The molecule has 0 radical (unpaired) electrons. The van der Waals surface area contributed by atoms with Crippen molar-refractivity contribution in [2.24, 2.45) is 0 Å². The maximum Gasteiger partial charge on any atom is 0.411 e. The van der Waals surface area contributed by atoms with Gasteiger partial charge in [-0.2, -0.15) is 18.3 Å². The van der Waals surface area contributed by atoms with Gasteiger partial charge in [-0.05, 0) is 0 Å². The first kappa shape index (κ1) is 14.5. The fraction of sp³-hybridized carbons (Fsp3) is 0.700. The van der Waals surface area contributed by atoms with Gasteiger partial charge < -0.3 is 5.11 Å². The Kier molecular flexibility index (Phi) is 4.31. The predicted molar refractivity (Wildman–Crippen MR) is 56.1 cm³/mol. The van der Waals surface area contributed by atoms with Crippen LogP contribution in [-0.2, 0) is 17.6 Å². The minimum atomic E-state index is -4.67. The summed E-state index contributed by atoms with van der Waals surface area (Å²) in [7, 11) is 0. The van der Waals surface area contributed by atoms with Gasteiger partial charge in [0, 0.05) is 12.8 Å². The van der Waals surface area contributed by atoms with Gasteiger partial charge in [-0.3, -0.25) is 4.79 Å². The van der Waals surface area contributed by atoms with Gasteiger partial charge in [-0.25, -0.2) is 9.67 Å². The van der Waals surface area contributed by atoms with E-state index in [0.717, 1.165) is 0 Å². The first-order chi connectivity index (χ1) is 8.29. The van der Waals surface area contributed by atoms with E-state index in [1.54, 1.807) is 13.8 Å². The van der Waals surface area contributed by atoms with E-state index in [9.17, 15) is 18.0 Å². The average molecular weight is 265 g/mol. The summed E-state index contributed by atoms with van der Waals surface area (Å²) in [6, 6.07) is -2.17. The molecule has 0 aliphatic heterocycles. The Morgan fingerprint density at radius 2 is 2.00 bits per heavy atom.